The number of halogens is 1. The van der Waals surface area contributed by atoms with E-state index in [1.165, 1.54) is 27.8 Å². The molecular weight excluding hydrogens is 478 g/mol. The maximum atomic E-state index is 13.0. The lowest BCUT2D eigenvalue weighted by Gasteiger charge is -2.29. The van der Waals surface area contributed by atoms with Crippen LogP contribution in [0.3, 0.4) is 0 Å². The summed E-state index contributed by atoms with van der Waals surface area (Å²) >= 11 is 7.37. The van der Waals surface area contributed by atoms with Crippen molar-refractivity contribution in [3.05, 3.63) is 70.5 Å². The SMILES string of the molecule is Cn1c(=NC(=O)C2CCN(S(=O)(=O)c3ccc(Cl)cc3)CC2)sc2ccc3ccccc3c21. The van der Waals surface area contributed by atoms with Crippen molar-refractivity contribution < 1.29 is 13.2 Å². The van der Waals surface area contributed by atoms with Crippen molar-refractivity contribution in [1.29, 1.82) is 0 Å². The lowest BCUT2D eigenvalue weighted by molar-refractivity contribution is -0.122. The number of aromatic nitrogens is 1. The summed E-state index contributed by atoms with van der Waals surface area (Å²) in [5, 5.41) is 2.76. The van der Waals surface area contributed by atoms with Crippen LogP contribution in [0, 0.1) is 5.92 Å². The lowest BCUT2D eigenvalue weighted by atomic mass is 9.98. The van der Waals surface area contributed by atoms with Crippen molar-refractivity contribution in [3.8, 4) is 0 Å². The number of sulfonamides is 1. The molecule has 0 bridgehead atoms. The first-order valence-electron chi connectivity index (χ1n) is 10.7. The molecule has 33 heavy (non-hydrogen) atoms. The highest BCUT2D eigenvalue weighted by molar-refractivity contribution is 7.89. The second-order valence-corrected chi connectivity index (χ2v) is 11.5. The summed E-state index contributed by atoms with van der Waals surface area (Å²) in [6, 6.07) is 18.5. The number of amides is 1. The molecule has 4 aromatic rings. The van der Waals surface area contributed by atoms with Crippen LogP contribution in [0.5, 0.6) is 0 Å². The Morgan fingerprint density at radius 1 is 1.03 bits per heavy atom. The topological polar surface area (TPSA) is 71.7 Å². The van der Waals surface area contributed by atoms with Crippen molar-refractivity contribution in [2.75, 3.05) is 13.1 Å². The molecule has 170 valence electrons. The van der Waals surface area contributed by atoms with Crippen molar-refractivity contribution in [1.82, 2.24) is 8.87 Å². The smallest absolute Gasteiger partial charge is 0.251 e. The minimum atomic E-state index is -3.60. The third-order valence-corrected chi connectivity index (χ3v) is 9.41. The number of thiazole rings is 1. The molecule has 0 atom stereocenters. The largest absolute Gasteiger partial charge is 0.319 e. The average molecular weight is 500 g/mol. The zero-order valence-corrected chi connectivity index (χ0v) is 20.3. The quantitative estimate of drug-likeness (QED) is 0.414. The molecule has 6 nitrogen and oxygen atoms in total. The summed E-state index contributed by atoms with van der Waals surface area (Å²) in [7, 11) is -1.67. The van der Waals surface area contributed by atoms with Gasteiger partial charge in [-0.3, -0.25) is 4.79 Å². The van der Waals surface area contributed by atoms with Gasteiger partial charge in [-0.15, -0.1) is 0 Å². The molecule has 1 saturated heterocycles. The van der Waals surface area contributed by atoms with Crippen molar-refractivity contribution in [3.63, 3.8) is 0 Å². The van der Waals surface area contributed by atoms with Crippen LogP contribution < -0.4 is 4.80 Å². The molecule has 1 aliphatic heterocycles. The first-order valence-corrected chi connectivity index (χ1v) is 13.3. The molecule has 0 radical (unpaired) electrons. The fourth-order valence-electron chi connectivity index (χ4n) is 4.31. The van der Waals surface area contributed by atoms with E-state index < -0.39 is 10.0 Å². The number of nitrogens with zero attached hydrogens (tertiary/aromatic N) is 3. The number of piperidine rings is 1. The van der Waals surface area contributed by atoms with Crippen LogP contribution in [0.15, 0.2) is 70.6 Å². The van der Waals surface area contributed by atoms with Gasteiger partial charge in [0.1, 0.15) is 0 Å². The van der Waals surface area contributed by atoms with Gasteiger partial charge in [-0.05, 0) is 48.6 Å². The summed E-state index contributed by atoms with van der Waals surface area (Å²) in [4.78, 5) is 18.3. The van der Waals surface area contributed by atoms with Gasteiger partial charge in [0.05, 0.1) is 15.1 Å². The second-order valence-electron chi connectivity index (χ2n) is 8.16. The molecule has 5 rings (SSSR count). The van der Waals surface area contributed by atoms with E-state index in [0.717, 1.165) is 21.0 Å². The number of carbonyl (C=O) groups excluding carboxylic acids is 1. The molecule has 2 heterocycles. The van der Waals surface area contributed by atoms with Crippen LogP contribution in [0.2, 0.25) is 5.02 Å². The van der Waals surface area contributed by atoms with Crippen LogP contribution in [0.1, 0.15) is 12.8 Å². The molecule has 1 aromatic heterocycles. The zero-order chi connectivity index (χ0) is 23.2. The minimum absolute atomic E-state index is 0.190. The highest BCUT2D eigenvalue weighted by Crippen LogP contribution is 2.28. The summed E-state index contributed by atoms with van der Waals surface area (Å²) < 4.78 is 30.3. The van der Waals surface area contributed by atoms with Gasteiger partial charge in [-0.2, -0.15) is 9.30 Å². The Balaban J connectivity index is 1.36. The third-order valence-electron chi connectivity index (χ3n) is 6.15. The van der Waals surface area contributed by atoms with Gasteiger partial charge >= 0.3 is 0 Å². The predicted molar refractivity (Wildman–Crippen MR) is 132 cm³/mol. The Morgan fingerprint density at radius 2 is 1.73 bits per heavy atom. The van der Waals surface area contributed by atoms with Crippen molar-refractivity contribution in [2.45, 2.75) is 17.7 Å². The molecular formula is C24H22ClN3O3S2. The Hall–Kier alpha value is -2.52. The standard InChI is InChI=1S/C24H22ClN3O3S2/c1-27-22-20-5-3-2-4-16(20)6-11-21(22)32-24(27)26-23(29)17-12-14-28(15-13-17)33(30,31)19-9-7-18(25)8-10-19/h2-11,17H,12-15H2,1H3. The van der Waals surface area contributed by atoms with Crippen molar-refractivity contribution >= 4 is 59.9 Å². The van der Waals surface area contributed by atoms with E-state index in [0.29, 0.717) is 35.8 Å². The third kappa shape index (κ3) is 4.12. The number of rotatable bonds is 3. The number of benzene rings is 3. The van der Waals surface area contributed by atoms with E-state index in [1.54, 1.807) is 12.1 Å². The van der Waals surface area contributed by atoms with Gasteiger partial charge < -0.3 is 4.57 Å². The molecule has 0 unspecified atom stereocenters. The molecule has 1 aliphatic rings. The van der Waals surface area contributed by atoms with Gasteiger partial charge in [0.2, 0.25) is 10.0 Å². The van der Waals surface area contributed by atoms with E-state index in [2.05, 4.69) is 29.3 Å². The van der Waals surface area contributed by atoms with E-state index in [4.69, 9.17) is 11.6 Å². The maximum Gasteiger partial charge on any atom is 0.251 e. The highest BCUT2D eigenvalue weighted by atomic mass is 35.5. The average Bonchev–Trinajstić information content (AvgIpc) is 3.15. The number of hydrogen-bond acceptors (Lipinski definition) is 4. The van der Waals surface area contributed by atoms with Crippen LogP contribution in [0.4, 0.5) is 0 Å². The van der Waals surface area contributed by atoms with Gasteiger partial charge in [0.25, 0.3) is 5.91 Å². The maximum absolute atomic E-state index is 13.0. The summed E-state index contributed by atoms with van der Waals surface area (Å²) in [6.45, 7) is 0.583. The first-order chi connectivity index (χ1) is 15.8. The molecule has 0 aliphatic carbocycles. The first kappa shape index (κ1) is 22.3. The fraction of sp³-hybridized carbons (Fsp3) is 0.250. The summed E-state index contributed by atoms with van der Waals surface area (Å²) in [5.41, 5.74) is 1.06. The second kappa shape index (κ2) is 8.68. The normalized spacial score (nSPS) is 16.6. The Kier molecular flexibility index (Phi) is 5.86. The van der Waals surface area contributed by atoms with Gasteiger partial charge in [0, 0.05) is 36.5 Å². The predicted octanol–water partition coefficient (Wildman–Crippen LogP) is 4.57. The monoisotopic (exact) mass is 499 g/mol. The van der Waals surface area contributed by atoms with Crippen LogP contribution in [0.25, 0.3) is 21.0 Å². The number of aryl methyl sites for hydroxylation is 1. The molecule has 0 spiro atoms. The molecule has 9 heteroatoms. The van der Waals surface area contributed by atoms with Gasteiger partial charge in [-0.1, -0.05) is 53.3 Å². The Bertz CT molecular complexity index is 1530. The van der Waals surface area contributed by atoms with Crippen LogP contribution in [-0.4, -0.2) is 36.3 Å². The van der Waals surface area contributed by atoms with Crippen LogP contribution >= 0.6 is 22.9 Å². The molecule has 0 N–H and O–H groups in total. The molecule has 1 amide bonds. The Morgan fingerprint density at radius 3 is 2.45 bits per heavy atom. The summed E-state index contributed by atoms with van der Waals surface area (Å²) in [6.07, 6.45) is 0.902. The number of fused-ring (bicyclic) bond motifs is 3. The zero-order valence-electron chi connectivity index (χ0n) is 17.9. The Labute approximate surface area is 200 Å². The number of hydrogen-bond donors (Lipinski definition) is 0. The van der Waals surface area contributed by atoms with Crippen LogP contribution in [-0.2, 0) is 21.9 Å². The molecule has 0 saturated carbocycles. The molecule has 1 fully saturated rings. The van der Waals surface area contributed by atoms with E-state index in [-0.39, 0.29) is 16.7 Å². The lowest BCUT2D eigenvalue weighted by Crippen LogP contribution is -2.40. The highest BCUT2D eigenvalue weighted by Gasteiger charge is 2.32. The summed E-state index contributed by atoms with van der Waals surface area (Å²) in [5.74, 6) is -0.478. The molecule has 3 aromatic carbocycles. The van der Waals surface area contributed by atoms with Gasteiger partial charge in [-0.25, -0.2) is 8.42 Å². The minimum Gasteiger partial charge on any atom is -0.319 e. The van der Waals surface area contributed by atoms with E-state index in [1.807, 2.05) is 23.7 Å². The van der Waals surface area contributed by atoms with Crippen molar-refractivity contribution in [2.24, 2.45) is 18.0 Å². The van der Waals surface area contributed by atoms with Gasteiger partial charge in [0.15, 0.2) is 4.80 Å². The van der Waals surface area contributed by atoms with E-state index >= 15 is 0 Å². The van der Waals surface area contributed by atoms with E-state index in [9.17, 15) is 13.2 Å². The number of carbonyl (C=O) groups is 1. The fourth-order valence-corrected chi connectivity index (χ4v) is 6.94.